The van der Waals surface area contributed by atoms with E-state index >= 15 is 0 Å². The van der Waals surface area contributed by atoms with E-state index in [1.54, 1.807) is 24.3 Å². The van der Waals surface area contributed by atoms with Crippen LogP contribution in [0, 0.1) is 0 Å². The molecular weight excluding hydrogens is 404 g/mol. The molecule has 1 aliphatic carbocycles. The smallest absolute Gasteiger partial charge is 0.119 e. The molecule has 0 spiro atoms. The number of aromatic hydroxyl groups is 1. The second-order valence-corrected chi connectivity index (χ2v) is 7.92. The van der Waals surface area contributed by atoms with Crippen LogP contribution in [0.15, 0.2) is 122 Å². The minimum atomic E-state index is -0.460. The van der Waals surface area contributed by atoms with Crippen LogP contribution in [0.25, 0.3) is 11.1 Å². The highest BCUT2D eigenvalue weighted by Crippen LogP contribution is 2.56. The van der Waals surface area contributed by atoms with Crippen LogP contribution < -0.4 is 4.74 Å². The molecule has 2 heteroatoms. The van der Waals surface area contributed by atoms with Gasteiger partial charge in [0.15, 0.2) is 0 Å². The van der Waals surface area contributed by atoms with Gasteiger partial charge in [-0.2, -0.15) is 0 Å². The van der Waals surface area contributed by atoms with Crippen molar-refractivity contribution >= 4 is 0 Å². The maximum absolute atomic E-state index is 9.94. The molecule has 5 rings (SSSR count). The van der Waals surface area contributed by atoms with Gasteiger partial charge in [-0.1, -0.05) is 91.5 Å². The number of phenols is 1. The topological polar surface area (TPSA) is 29.5 Å². The molecule has 0 bridgehead atoms. The molecule has 0 aromatic heterocycles. The fourth-order valence-electron chi connectivity index (χ4n) is 4.69. The van der Waals surface area contributed by atoms with E-state index in [-0.39, 0.29) is 5.75 Å². The number of hydrogen-bond donors (Lipinski definition) is 1. The molecule has 4 aromatic carbocycles. The summed E-state index contributed by atoms with van der Waals surface area (Å²) in [5, 5.41) is 9.94. The van der Waals surface area contributed by atoms with Crippen LogP contribution in [0.1, 0.15) is 29.2 Å². The van der Waals surface area contributed by atoms with Crippen molar-refractivity contribution in [3.05, 3.63) is 145 Å². The molecule has 0 saturated heterocycles. The van der Waals surface area contributed by atoms with E-state index in [0.29, 0.717) is 6.61 Å². The zero-order valence-corrected chi connectivity index (χ0v) is 18.9. The van der Waals surface area contributed by atoms with Crippen molar-refractivity contribution in [2.24, 2.45) is 0 Å². The molecule has 0 unspecified atom stereocenters. The maximum atomic E-state index is 9.94. The van der Waals surface area contributed by atoms with Crippen molar-refractivity contribution in [1.29, 1.82) is 0 Å². The van der Waals surface area contributed by atoms with Gasteiger partial charge in [-0.3, -0.25) is 0 Å². The van der Waals surface area contributed by atoms with E-state index in [1.165, 1.54) is 22.3 Å². The molecule has 4 aromatic rings. The highest BCUT2D eigenvalue weighted by Gasteiger charge is 2.45. The van der Waals surface area contributed by atoms with Crippen LogP contribution in [0.3, 0.4) is 0 Å². The third-order valence-corrected chi connectivity index (χ3v) is 5.91. The first-order valence-corrected chi connectivity index (χ1v) is 11.1. The Labute approximate surface area is 196 Å². The summed E-state index contributed by atoms with van der Waals surface area (Å²) in [6.07, 6.45) is 3.50. The average molecular weight is 433 g/mol. The minimum absolute atomic E-state index is 0.265. The van der Waals surface area contributed by atoms with Crippen LogP contribution in [-0.4, -0.2) is 11.7 Å². The lowest BCUT2D eigenvalue weighted by molar-refractivity contribution is 0.363. The molecule has 2 nitrogen and oxygen atoms in total. The van der Waals surface area contributed by atoms with Crippen LogP contribution in [0.2, 0.25) is 0 Å². The Hall–Kier alpha value is -4.04. The fraction of sp³-hybridized carbons (Fsp3) is 0.0968. The highest BCUT2D eigenvalue weighted by molar-refractivity contribution is 5.86. The second kappa shape index (κ2) is 9.62. The number of allylic oxidation sites excluding steroid dienone is 1. The predicted octanol–water partition coefficient (Wildman–Crippen LogP) is 7.51. The Balaban J connectivity index is 0.000000821. The monoisotopic (exact) mass is 432 g/mol. The summed E-state index contributed by atoms with van der Waals surface area (Å²) in [6.45, 7) is 9.45. The lowest BCUT2D eigenvalue weighted by atomic mass is 9.68. The van der Waals surface area contributed by atoms with E-state index < -0.39 is 5.41 Å². The minimum Gasteiger partial charge on any atom is -0.508 e. The Morgan fingerprint density at radius 2 is 1.18 bits per heavy atom. The maximum Gasteiger partial charge on any atom is 0.119 e. The van der Waals surface area contributed by atoms with E-state index in [4.69, 9.17) is 4.74 Å². The largest absolute Gasteiger partial charge is 0.508 e. The van der Waals surface area contributed by atoms with Gasteiger partial charge in [-0.25, -0.2) is 0 Å². The first-order chi connectivity index (χ1) is 16.2. The van der Waals surface area contributed by atoms with Gasteiger partial charge in [-0.15, -0.1) is 6.58 Å². The number of fused-ring (bicyclic) bond motifs is 3. The SMILES string of the molecule is C=CC.C=CCOc1ccc(C2(c3ccc(O)cc3)c3ccccc3-c3ccccc32)cc1. The number of rotatable bonds is 5. The van der Waals surface area contributed by atoms with Gasteiger partial charge >= 0.3 is 0 Å². The number of phenolic OH excluding ortho intramolecular Hbond substituents is 1. The molecule has 1 aliphatic rings. The lowest BCUT2D eigenvalue weighted by Crippen LogP contribution is -2.28. The first-order valence-electron chi connectivity index (χ1n) is 11.1. The van der Waals surface area contributed by atoms with Crippen LogP contribution >= 0.6 is 0 Å². The lowest BCUT2D eigenvalue weighted by Gasteiger charge is -2.34. The summed E-state index contributed by atoms with van der Waals surface area (Å²) in [7, 11) is 0. The van der Waals surface area contributed by atoms with E-state index in [0.717, 1.165) is 16.9 Å². The number of ether oxygens (including phenoxy) is 1. The molecule has 0 amide bonds. The van der Waals surface area contributed by atoms with E-state index in [2.05, 4.69) is 73.8 Å². The normalized spacial score (nSPS) is 12.5. The Morgan fingerprint density at radius 1 is 0.727 bits per heavy atom. The van der Waals surface area contributed by atoms with Gasteiger partial charge < -0.3 is 9.84 Å². The Bertz CT molecular complexity index is 1210. The molecule has 0 saturated carbocycles. The summed E-state index contributed by atoms with van der Waals surface area (Å²) >= 11 is 0. The standard InChI is InChI=1S/C28H22O2.C3H6/c1-2-19-30-23-17-13-21(14-18-23)28(20-11-15-22(29)16-12-20)26-9-5-3-7-24(26)25-8-4-6-10-27(25)28;1-3-2/h2-18,29H,1,19H2;3H,1H2,2H3. The summed E-state index contributed by atoms with van der Waals surface area (Å²) in [5.74, 6) is 1.08. The Kier molecular flexibility index (Phi) is 6.46. The number of benzene rings is 4. The van der Waals surface area contributed by atoms with Gasteiger partial charge in [0, 0.05) is 0 Å². The van der Waals surface area contributed by atoms with E-state index in [1.807, 2.05) is 31.2 Å². The molecule has 0 atom stereocenters. The third-order valence-electron chi connectivity index (χ3n) is 5.91. The number of hydrogen-bond acceptors (Lipinski definition) is 2. The molecule has 1 N–H and O–H groups in total. The second-order valence-electron chi connectivity index (χ2n) is 7.92. The van der Waals surface area contributed by atoms with Gasteiger partial charge in [0.25, 0.3) is 0 Å². The summed E-state index contributed by atoms with van der Waals surface area (Å²) in [5.41, 5.74) is 6.81. The van der Waals surface area contributed by atoms with Crippen LogP contribution in [-0.2, 0) is 5.41 Å². The molecular formula is C31H28O2. The molecule has 0 radical (unpaired) electrons. The molecule has 164 valence electrons. The Morgan fingerprint density at radius 3 is 1.67 bits per heavy atom. The van der Waals surface area contributed by atoms with Gasteiger partial charge in [0.05, 0.1) is 5.41 Å². The van der Waals surface area contributed by atoms with Crippen LogP contribution in [0.5, 0.6) is 11.5 Å². The summed E-state index contributed by atoms with van der Waals surface area (Å²) in [4.78, 5) is 0. The fourth-order valence-corrected chi connectivity index (χ4v) is 4.69. The highest BCUT2D eigenvalue weighted by atomic mass is 16.5. The quantitative estimate of drug-likeness (QED) is 0.291. The zero-order valence-electron chi connectivity index (χ0n) is 18.9. The molecule has 0 heterocycles. The van der Waals surface area contributed by atoms with Crippen molar-refractivity contribution < 1.29 is 9.84 Å². The van der Waals surface area contributed by atoms with Crippen LogP contribution in [0.4, 0.5) is 0 Å². The van der Waals surface area contributed by atoms with Crippen molar-refractivity contribution in [2.45, 2.75) is 12.3 Å². The van der Waals surface area contributed by atoms with Crippen molar-refractivity contribution in [1.82, 2.24) is 0 Å². The predicted molar refractivity (Wildman–Crippen MR) is 137 cm³/mol. The molecule has 0 aliphatic heterocycles. The van der Waals surface area contributed by atoms with Gasteiger partial charge in [0.1, 0.15) is 18.1 Å². The molecule has 33 heavy (non-hydrogen) atoms. The zero-order chi connectivity index (χ0) is 23.3. The summed E-state index contributed by atoms with van der Waals surface area (Å²) in [6, 6.07) is 33.1. The van der Waals surface area contributed by atoms with Gasteiger partial charge in [0.2, 0.25) is 0 Å². The van der Waals surface area contributed by atoms with E-state index in [9.17, 15) is 5.11 Å². The third kappa shape index (κ3) is 3.85. The molecule has 0 fully saturated rings. The summed E-state index contributed by atoms with van der Waals surface area (Å²) < 4.78 is 5.71. The van der Waals surface area contributed by atoms with Crippen molar-refractivity contribution in [3.63, 3.8) is 0 Å². The first kappa shape index (κ1) is 22.2. The average Bonchev–Trinajstić information content (AvgIpc) is 3.15. The van der Waals surface area contributed by atoms with Crippen molar-refractivity contribution in [2.75, 3.05) is 6.61 Å². The van der Waals surface area contributed by atoms with Crippen molar-refractivity contribution in [3.8, 4) is 22.6 Å². The van der Waals surface area contributed by atoms with Gasteiger partial charge in [-0.05, 0) is 64.6 Å².